The SMILES string of the molecule is CC1CCCCC1OC(=O)C(C)C1CNC1. The Labute approximate surface area is 97.9 Å². The number of carbonyl (C=O) groups is 1. The number of hydrogen-bond donors (Lipinski definition) is 1. The number of nitrogens with one attached hydrogen (secondary N) is 1. The molecular formula is C13H23NO2. The third-order valence-corrected chi connectivity index (χ3v) is 4.19. The minimum absolute atomic E-state index is 0.0188. The average molecular weight is 225 g/mol. The van der Waals surface area contributed by atoms with Crippen LogP contribution in [0.4, 0.5) is 0 Å². The molecule has 2 rings (SSSR count). The van der Waals surface area contributed by atoms with Crippen molar-refractivity contribution in [2.45, 2.75) is 45.6 Å². The largest absolute Gasteiger partial charge is 0.462 e. The van der Waals surface area contributed by atoms with Gasteiger partial charge in [-0.1, -0.05) is 20.3 Å². The normalized spacial score (nSPS) is 32.9. The zero-order valence-electron chi connectivity index (χ0n) is 10.4. The molecule has 0 spiro atoms. The molecular weight excluding hydrogens is 202 g/mol. The van der Waals surface area contributed by atoms with E-state index in [1.807, 2.05) is 6.92 Å². The van der Waals surface area contributed by atoms with Gasteiger partial charge in [0.25, 0.3) is 0 Å². The van der Waals surface area contributed by atoms with Crippen LogP contribution in [0.1, 0.15) is 39.5 Å². The maximum atomic E-state index is 11.9. The fraction of sp³-hybridized carbons (Fsp3) is 0.923. The van der Waals surface area contributed by atoms with Gasteiger partial charge in [0.2, 0.25) is 0 Å². The highest BCUT2D eigenvalue weighted by molar-refractivity contribution is 5.72. The number of carbonyl (C=O) groups excluding carboxylic acids is 1. The Morgan fingerprint density at radius 1 is 1.31 bits per heavy atom. The van der Waals surface area contributed by atoms with E-state index < -0.39 is 0 Å². The molecule has 0 aromatic rings. The number of rotatable bonds is 3. The molecule has 3 unspecified atom stereocenters. The standard InChI is InChI=1S/C13H23NO2/c1-9-5-3-4-6-12(9)16-13(15)10(2)11-7-14-8-11/h9-12,14H,3-8H2,1-2H3. The molecule has 1 heterocycles. The van der Waals surface area contributed by atoms with Crippen molar-refractivity contribution in [1.82, 2.24) is 5.32 Å². The van der Waals surface area contributed by atoms with Gasteiger partial charge in [-0.3, -0.25) is 4.79 Å². The summed E-state index contributed by atoms with van der Waals surface area (Å²) in [5.74, 6) is 1.12. The van der Waals surface area contributed by atoms with Crippen molar-refractivity contribution < 1.29 is 9.53 Å². The molecule has 1 saturated heterocycles. The van der Waals surface area contributed by atoms with Crippen LogP contribution >= 0.6 is 0 Å². The maximum Gasteiger partial charge on any atom is 0.309 e. The Kier molecular flexibility index (Phi) is 3.85. The molecule has 2 fully saturated rings. The smallest absolute Gasteiger partial charge is 0.309 e. The van der Waals surface area contributed by atoms with Gasteiger partial charge < -0.3 is 10.1 Å². The lowest BCUT2D eigenvalue weighted by atomic mass is 9.86. The van der Waals surface area contributed by atoms with E-state index in [1.54, 1.807) is 0 Å². The van der Waals surface area contributed by atoms with Crippen molar-refractivity contribution in [3.63, 3.8) is 0 Å². The maximum absolute atomic E-state index is 11.9. The molecule has 3 atom stereocenters. The topological polar surface area (TPSA) is 38.3 Å². The van der Waals surface area contributed by atoms with Crippen molar-refractivity contribution in [3.05, 3.63) is 0 Å². The second-order valence-corrected chi connectivity index (χ2v) is 5.44. The van der Waals surface area contributed by atoms with E-state index in [1.165, 1.54) is 19.3 Å². The van der Waals surface area contributed by atoms with Crippen LogP contribution in [0.15, 0.2) is 0 Å². The van der Waals surface area contributed by atoms with Crippen LogP contribution in [0, 0.1) is 17.8 Å². The van der Waals surface area contributed by atoms with Crippen LogP contribution in [0.5, 0.6) is 0 Å². The van der Waals surface area contributed by atoms with Crippen molar-refractivity contribution in [3.8, 4) is 0 Å². The molecule has 0 bridgehead atoms. The Bertz CT molecular complexity index is 250. The van der Waals surface area contributed by atoms with Crippen LogP contribution in [0.2, 0.25) is 0 Å². The summed E-state index contributed by atoms with van der Waals surface area (Å²) in [5, 5.41) is 3.20. The van der Waals surface area contributed by atoms with Gasteiger partial charge in [-0.05, 0) is 44.2 Å². The second-order valence-electron chi connectivity index (χ2n) is 5.44. The fourth-order valence-electron chi connectivity index (χ4n) is 2.57. The van der Waals surface area contributed by atoms with E-state index in [2.05, 4.69) is 12.2 Å². The molecule has 2 aliphatic rings. The third-order valence-electron chi connectivity index (χ3n) is 4.19. The number of ether oxygens (including phenoxy) is 1. The quantitative estimate of drug-likeness (QED) is 0.746. The number of hydrogen-bond acceptors (Lipinski definition) is 3. The molecule has 1 N–H and O–H groups in total. The summed E-state index contributed by atoms with van der Waals surface area (Å²) in [6, 6.07) is 0. The summed E-state index contributed by atoms with van der Waals surface area (Å²) in [7, 11) is 0. The summed E-state index contributed by atoms with van der Waals surface area (Å²) in [4.78, 5) is 11.9. The van der Waals surface area contributed by atoms with E-state index >= 15 is 0 Å². The zero-order chi connectivity index (χ0) is 11.5. The van der Waals surface area contributed by atoms with Crippen LogP contribution in [-0.2, 0) is 9.53 Å². The van der Waals surface area contributed by atoms with Crippen LogP contribution in [0.25, 0.3) is 0 Å². The molecule has 0 radical (unpaired) electrons. The van der Waals surface area contributed by atoms with E-state index in [4.69, 9.17) is 4.74 Å². The van der Waals surface area contributed by atoms with Crippen LogP contribution in [0.3, 0.4) is 0 Å². The van der Waals surface area contributed by atoms with E-state index in [0.29, 0.717) is 11.8 Å². The van der Waals surface area contributed by atoms with Crippen LogP contribution < -0.4 is 5.32 Å². The average Bonchev–Trinajstić information content (AvgIpc) is 2.18. The summed E-state index contributed by atoms with van der Waals surface area (Å²) in [6.45, 7) is 6.14. The van der Waals surface area contributed by atoms with Crippen molar-refractivity contribution in [1.29, 1.82) is 0 Å². The van der Waals surface area contributed by atoms with Crippen molar-refractivity contribution >= 4 is 5.97 Å². The van der Waals surface area contributed by atoms with E-state index in [0.717, 1.165) is 19.5 Å². The summed E-state index contributed by atoms with van der Waals surface area (Å²) in [6.07, 6.45) is 4.94. The monoisotopic (exact) mass is 225 g/mol. The van der Waals surface area contributed by atoms with Gasteiger partial charge in [-0.25, -0.2) is 0 Å². The second kappa shape index (κ2) is 5.17. The lowest BCUT2D eigenvalue weighted by Crippen LogP contribution is -2.48. The highest BCUT2D eigenvalue weighted by Crippen LogP contribution is 2.28. The zero-order valence-corrected chi connectivity index (χ0v) is 10.4. The van der Waals surface area contributed by atoms with E-state index in [9.17, 15) is 4.79 Å². The van der Waals surface area contributed by atoms with Gasteiger partial charge >= 0.3 is 5.97 Å². The van der Waals surface area contributed by atoms with Gasteiger partial charge in [0, 0.05) is 0 Å². The molecule has 0 aromatic carbocycles. The van der Waals surface area contributed by atoms with Gasteiger partial charge in [0.15, 0.2) is 0 Å². The predicted octanol–water partition coefficient (Wildman–Crippen LogP) is 1.96. The first-order chi connectivity index (χ1) is 7.68. The molecule has 1 aliphatic heterocycles. The molecule has 3 heteroatoms. The van der Waals surface area contributed by atoms with Crippen LogP contribution in [-0.4, -0.2) is 25.2 Å². The minimum Gasteiger partial charge on any atom is -0.462 e. The Balaban J connectivity index is 1.80. The number of esters is 1. The van der Waals surface area contributed by atoms with Gasteiger partial charge in [-0.2, -0.15) is 0 Å². The van der Waals surface area contributed by atoms with Crippen molar-refractivity contribution in [2.24, 2.45) is 17.8 Å². The summed E-state index contributed by atoms with van der Waals surface area (Å²) in [5.41, 5.74) is 0. The van der Waals surface area contributed by atoms with E-state index in [-0.39, 0.29) is 18.0 Å². The first kappa shape index (κ1) is 11.9. The Hall–Kier alpha value is -0.570. The summed E-state index contributed by atoms with van der Waals surface area (Å²) >= 11 is 0. The first-order valence-corrected chi connectivity index (χ1v) is 6.59. The first-order valence-electron chi connectivity index (χ1n) is 6.59. The lowest BCUT2D eigenvalue weighted by molar-refractivity contribution is -0.160. The van der Waals surface area contributed by atoms with Gasteiger partial charge in [0.05, 0.1) is 5.92 Å². The molecule has 1 aliphatic carbocycles. The van der Waals surface area contributed by atoms with Crippen molar-refractivity contribution in [2.75, 3.05) is 13.1 Å². The molecule has 16 heavy (non-hydrogen) atoms. The highest BCUT2D eigenvalue weighted by Gasteiger charge is 2.32. The predicted molar refractivity (Wildman–Crippen MR) is 63.0 cm³/mol. The molecule has 0 amide bonds. The molecule has 3 nitrogen and oxygen atoms in total. The minimum atomic E-state index is 0.0188. The third kappa shape index (κ3) is 2.57. The Morgan fingerprint density at radius 3 is 2.56 bits per heavy atom. The lowest BCUT2D eigenvalue weighted by Gasteiger charge is -2.34. The summed E-state index contributed by atoms with van der Waals surface area (Å²) < 4.78 is 5.66. The molecule has 92 valence electrons. The fourth-order valence-corrected chi connectivity index (χ4v) is 2.57. The Morgan fingerprint density at radius 2 is 2.00 bits per heavy atom. The molecule has 0 aromatic heterocycles. The highest BCUT2D eigenvalue weighted by atomic mass is 16.5. The van der Waals surface area contributed by atoms with Gasteiger partial charge in [0.1, 0.15) is 6.10 Å². The molecule has 1 saturated carbocycles. The van der Waals surface area contributed by atoms with Gasteiger partial charge in [-0.15, -0.1) is 0 Å².